The Balaban J connectivity index is 2.06. The molecule has 0 radical (unpaired) electrons. The Hall–Kier alpha value is -2.21. The molecule has 1 N–H and O–H groups in total. The molecule has 3 rings (SSSR count). The van der Waals surface area contributed by atoms with Crippen molar-refractivity contribution >= 4 is 33.2 Å². The largest absolute Gasteiger partial charge is 0.319 e. The molecular weight excluding hydrogens is 332 g/mol. The highest BCUT2D eigenvalue weighted by Crippen LogP contribution is 2.19. The summed E-state index contributed by atoms with van der Waals surface area (Å²) >= 11 is 3.42. The average molecular weight is 345 g/mol. The molecule has 21 heavy (non-hydrogen) atoms. The summed E-state index contributed by atoms with van der Waals surface area (Å²) in [6.45, 7) is 1.98. The molecule has 3 aromatic rings. The Kier molecular flexibility index (Phi) is 3.70. The number of nitrogens with one attached hydrogen (secondary N) is 1. The van der Waals surface area contributed by atoms with Crippen molar-refractivity contribution in [1.29, 1.82) is 0 Å². The van der Waals surface area contributed by atoms with Gasteiger partial charge in [-0.15, -0.1) is 0 Å². The van der Waals surface area contributed by atoms with Crippen molar-refractivity contribution in [3.63, 3.8) is 0 Å². The fourth-order valence-electron chi connectivity index (χ4n) is 2.18. The van der Waals surface area contributed by atoms with Gasteiger partial charge >= 0.3 is 0 Å². The number of halogens is 1. The van der Waals surface area contributed by atoms with Crippen LogP contribution in [0, 0.1) is 0 Å². The van der Waals surface area contributed by atoms with Gasteiger partial charge in [0.15, 0.2) is 0 Å². The minimum atomic E-state index is -0.189. The Morgan fingerprint density at radius 1 is 1.38 bits per heavy atom. The lowest BCUT2D eigenvalue weighted by Gasteiger charge is -2.06. The standard InChI is InChI=1S/C15H13BrN4O/c1-2-12-14(15(21)18-11-4-3-7-17-8-11)20-9-10(16)5-6-13(20)19-12/h3-9H,2H2,1H3,(H,18,21). The molecule has 5 nitrogen and oxygen atoms in total. The summed E-state index contributed by atoms with van der Waals surface area (Å²) in [5.74, 6) is -0.189. The number of carbonyl (C=O) groups is 1. The van der Waals surface area contributed by atoms with E-state index in [2.05, 4.69) is 31.2 Å². The van der Waals surface area contributed by atoms with Crippen LogP contribution in [-0.4, -0.2) is 20.3 Å². The number of aromatic nitrogens is 3. The Morgan fingerprint density at radius 3 is 2.95 bits per heavy atom. The third-order valence-corrected chi connectivity index (χ3v) is 3.59. The van der Waals surface area contributed by atoms with Crippen molar-refractivity contribution in [2.45, 2.75) is 13.3 Å². The summed E-state index contributed by atoms with van der Waals surface area (Å²) in [6.07, 6.45) is 5.82. The highest BCUT2D eigenvalue weighted by molar-refractivity contribution is 9.10. The van der Waals surface area contributed by atoms with Gasteiger partial charge in [0.1, 0.15) is 11.3 Å². The summed E-state index contributed by atoms with van der Waals surface area (Å²) in [7, 11) is 0. The van der Waals surface area contributed by atoms with Crippen LogP contribution in [0.15, 0.2) is 47.3 Å². The lowest BCUT2D eigenvalue weighted by atomic mass is 10.2. The minimum absolute atomic E-state index is 0.189. The fourth-order valence-corrected chi connectivity index (χ4v) is 2.52. The third kappa shape index (κ3) is 2.67. The lowest BCUT2D eigenvalue weighted by molar-refractivity contribution is 0.102. The van der Waals surface area contributed by atoms with Crippen molar-refractivity contribution in [1.82, 2.24) is 14.4 Å². The first-order valence-corrected chi connectivity index (χ1v) is 7.36. The average Bonchev–Trinajstić information content (AvgIpc) is 2.86. The van der Waals surface area contributed by atoms with Gasteiger partial charge in [0.25, 0.3) is 5.91 Å². The molecule has 3 aromatic heterocycles. The number of carbonyl (C=O) groups excluding carboxylic acids is 1. The van der Waals surface area contributed by atoms with Crippen LogP contribution in [0.4, 0.5) is 5.69 Å². The van der Waals surface area contributed by atoms with Crippen LogP contribution >= 0.6 is 15.9 Å². The molecule has 0 bridgehead atoms. The van der Waals surface area contributed by atoms with Gasteiger partial charge in [-0.3, -0.25) is 14.2 Å². The zero-order valence-corrected chi connectivity index (χ0v) is 13.0. The first kappa shape index (κ1) is 13.8. The zero-order valence-electron chi connectivity index (χ0n) is 11.4. The predicted octanol–water partition coefficient (Wildman–Crippen LogP) is 3.31. The second kappa shape index (κ2) is 5.65. The molecule has 0 aliphatic carbocycles. The molecule has 0 atom stereocenters. The summed E-state index contributed by atoms with van der Waals surface area (Å²) in [6, 6.07) is 7.37. The molecule has 0 saturated carbocycles. The molecule has 0 unspecified atom stereocenters. The molecule has 1 amide bonds. The Bertz CT molecular complexity index is 798. The number of nitrogens with zero attached hydrogens (tertiary/aromatic N) is 3. The van der Waals surface area contributed by atoms with E-state index in [-0.39, 0.29) is 5.91 Å². The number of imidazole rings is 1. The predicted molar refractivity (Wildman–Crippen MR) is 84.5 cm³/mol. The maximum Gasteiger partial charge on any atom is 0.274 e. The maximum absolute atomic E-state index is 12.6. The van der Waals surface area contributed by atoms with E-state index in [0.717, 1.165) is 15.8 Å². The quantitative estimate of drug-likeness (QED) is 0.792. The third-order valence-electron chi connectivity index (χ3n) is 3.12. The van der Waals surface area contributed by atoms with Crippen molar-refractivity contribution in [3.05, 3.63) is 58.7 Å². The van der Waals surface area contributed by atoms with Gasteiger partial charge in [-0.2, -0.15) is 0 Å². The molecule has 0 aliphatic rings. The summed E-state index contributed by atoms with van der Waals surface area (Å²) in [5.41, 5.74) is 2.74. The second-order valence-electron chi connectivity index (χ2n) is 4.53. The Morgan fingerprint density at radius 2 is 2.24 bits per heavy atom. The van der Waals surface area contributed by atoms with Crippen LogP contribution in [-0.2, 0) is 6.42 Å². The SMILES string of the molecule is CCc1nc2ccc(Br)cn2c1C(=O)Nc1cccnc1. The van der Waals surface area contributed by atoms with E-state index >= 15 is 0 Å². The van der Waals surface area contributed by atoms with Gasteiger partial charge in [0.2, 0.25) is 0 Å². The van der Waals surface area contributed by atoms with Gasteiger partial charge in [0.05, 0.1) is 17.6 Å². The molecule has 6 heteroatoms. The molecule has 106 valence electrons. The number of pyridine rings is 2. The van der Waals surface area contributed by atoms with Crippen LogP contribution in [0.1, 0.15) is 23.1 Å². The van der Waals surface area contributed by atoms with Crippen LogP contribution < -0.4 is 5.32 Å². The number of rotatable bonds is 3. The number of hydrogen-bond acceptors (Lipinski definition) is 3. The van der Waals surface area contributed by atoms with Crippen molar-refractivity contribution < 1.29 is 4.79 Å². The topological polar surface area (TPSA) is 59.3 Å². The monoisotopic (exact) mass is 344 g/mol. The minimum Gasteiger partial charge on any atom is -0.319 e. The van der Waals surface area contributed by atoms with Gasteiger partial charge < -0.3 is 5.32 Å². The van der Waals surface area contributed by atoms with Crippen LogP contribution in [0.5, 0.6) is 0 Å². The molecule has 0 spiro atoms. The van der Waals surface area contributed by atoms with Crippen molar-refractivity contribution in [2.24, 2.45) is 0 Å². The zero-order chi connectivity index (χ0) is 14.8. The summed E-state index contributed by atoms with van der Waals surface area (Å²) in [4.78, 5) is 21.1. The number of hydrogen-bond donors (Lipinski definition) is 1. The van der Waals surface area contributed by atoms with E-state index < -0.39 is 0 Å². The molecule has 3 heterocycles. The van der Waals surface area contributed by atoms with E-state index in [0.29, 0.717) is 17.8 Å². The normalized spacial score (nSPS) is 10.8. The number of fused-ring (bicyclic) bond motifs is 1. The molecule has 0 saturated heterocycles. The van der Waals surface area contributed by atoms with Gasteiger partial charge in [-0.1, -0.05) is 6.92 Å². The highest BCUT2D eigenvalue weighted by Gasteiger charge is 2.18. The smallest absolute Gasteiger partial charge is 0.274 e. The van der Waals surface area contributed by atoms with E-state index in [1.165, 1.54) is 0 Å². The lowest BCUT2D eigenvalue weighted by Crippen LogP contribution is -2.16. The van der Waals surface area contributed by atoms with Crippen molar-refractivity contribution in [2.75, 3.05) is 5.32 Å². The molecule has 0 aromatic carbocycles. The maximum atomic E-state index is 12.6. The number of aryl methyl sites for hydroxylation is 1. The summed E-state index contributed by atoms with van der Waals surface area (Å²) < 4.78 is 2.69. The number of anilines is 1. The van der Waals surface area contributed by atoms with Crippen LogP contribution in [0.3, 0.4) is 0 Å². The molecule has 0 fully saturated rings. The molecule has 0 aliphatic heterocycles. The fraction of sp³-hybridized carbons (Fsp3) is 0.133. The number of amides is 1. The first-order chi connectivity index (χ1) is 10.2. The van der Waals surface area contributed by atoms with Gasteiger partial charge in [-0.05, 0) is 46.6 Å². The highest BCUT2D eigenvalue weighted by atomic mass is 79.9. The van der Waals surface area contributed by atoms with Gasteiger partial charge in [-0.25, -0.2) is 4.98 Å². The van der Waals surface area contributed by atoms with E-state index in [9.17, 15) is 4.79 Å². The van der Waals surface area contributed by atoms with Crippen molar-refractivity contribution in [3.8, 4) is 0 Å². The Labute approximate surface area is 130 Å². The molecular formula is C15H13BrN4O. The van der Waals surface area contributed by atoms with E-state index in [1.54, 1.807) is 28.9 Å². The second-order valence-corrected chi connectivity index (χ2v) is 5.45. The van der Waals surface area contributed by atoms with Crippen LogP contribution in [0.2, 0.25) is 0 Å². The first-order valence-electron chi connectivity index (χ1n) is 6.57. The van der Waals surface area contributed by atoms with Gasteiger partial charge in [0, 0.05) is 16.9 Å². The van der Waals surface area contributed by atoms with E-state index in [4.69, 9.17) is 0 Å². The van der Waals surface area contributed by atoms with E-state index in [1.807, 2.05) is 25.3 Å². The summed E-state index contributed by atoms with van der Waals surface area (Å²) in [5, 5.41) is 2.85. The van der Waals surface area contributed by atoms with Crippen LogP contribution in [0.25, 0.3) is 5.65 Å².